The maximum atomic E-state index is 13.7. The minimum atomic E-state index is -0.342. The van der Waals surface area contributed by atoms with Crippen molar-refractivity contribution in [3.63, 3.8) is 0 Å². The van der Waals surface area contributed by atoms with Gasteiger partial charge < -0.3 is 9.80 Å². The first-order valence-corrected chi connectivity index (χ1v) is 12.3. The first kappa shape index (κ1) is 23.4. The fraction of sp³-hybridized carbons (Fsp3) is 0.556. The number of carbonyl (C=O) groups is 2. The van der Waals surface area contributed by atoms with Crippen molar-refractivity contribution in [3.05, 3.63) is 59.2 Å². The molecule has 2 aliphatic rings. The predicted molar refractivity (Wildman–Crippen MR) is 129 cm³/mol. The molecule has 2 amide bonds. The van der Waals surface area contributed by atoms with Gasteiger partial charge >= 0.3 is 0 Å². The Hall–Kier alpha value is -2.76. The fourth-order valence-electron chi connectivity index (χ4n) is 5.55. The van der Waals surface area contributed by atoms with Crippen LogP contribution in [0, 0.1) is 25.2 Å². The summed E-state index contributed by atoms with van der Waals surface area (Å²) in [5, 5.41) is 0. The summed E-state index contributed by atoms with van der Waals surface area (Å²) in [7, 11) is 0. The number of aryl methyl sites for hydroxylation is 2. The monoisotopic (exact) mass is 448 g/mol. The summed E-state index contributed by atoms with van der Waals surface area (Å²) in [6.45, 7) is 8.88. The second kappa shape index (κ2) is 10.0. The summed E-state index contributed by atoms with van der Waals surface area (Å²) in [4.78, 5) is 39.4. The highest BCUT2D eigenvalue weighted by atomic mass is 16.2. The molecule has 2 saturated heterocycles. The molecule has 33 heavy (non-hydrogen) atoms. The molecule has 176 valence electrons. The summed E-state index contributed by atoms with van der Waals surface area (Å²) < 4.78 is 0. The molecule has 6 heteroatoms. The summed E-state index contributed by atoms with van der Waals surface area (Å²) in [6.07, 6.45) is 7.37. The van der Waals surface area contributed by atoms with E-state index in [1.54, 1.807) is 6.20 Å². The quantitative estimate of drug-likeness (QED) is 0.687. The number of aromatic nitrogens is 2. The molecular formula is C27H36N4O2. The number of rotatable bonds is 5. The molecule has 0 N–H and O–H groups in total. The van der Waals surface area contributed by atoms with Gasteiger partial charge in [0.1, 0.15) is 5.82 Å². The molecule has 0 unspecified atom stereocenters. The molecule has 2 fully saturated rings. The van der Waals surface area contributed by atoms with Gasteiger partial charge in [0, 0.05) is 37.8 Å². The lowest BCUT2D eigenvalue weighted by molar-refractivity contribution is -0.144. The van der Waals surface area contributed by atoms with E-state index in [-0.39, 0.29) is 11.3 Å². The van der Waals surface area contributed by atoms with Crippen LogP contribution in [0.25, 0.3) is 0 Å². The van der Waals surface area contributed by atoms with E-state index in [1.165, 1.54) is 5.56 Å². The number of hydrogen-bond donors (Lipinski definition) is 0. The first-order valence-electron chi connectivity index (χ1n) is 12.3. The third kappa shape index (κ3) is 5.10. The summed E-state index contributed by atoms with van der Waals surface area (Å²) in [5.41, 5.74) is 2.25. The van der Waals surface area contributed by atoms with Gasteiger partial charge in [-0.3, -0.25) is 9.59 Å². The average molecular weight is 449 g/mol. The smallest absolute Gasteiger partial charge is 0.257 e. The standard InChI is InChI=1S/C27H36N4O2/c1-20-24(19-28-21(2)29-20)25(32)30-17-12-23(13-18-30)27(3)14-7-8-15-31(26(27)33)16-11-22-9-5-4-6-10-22/h4-6,9-10,19,23H,7-8,11-18H2,1-3H3/t27-/m1/s1. The van der Waals surface area contributed by atoms with Gasteiger partial charge in [0.15, 0.2) is 0 Å². The number of benzene rings is 1. The number of nitrogens with zero attached hydrogens (tertiary/aromatic N) is 4. The van der Waals surface area contributed by atoms with Crippen molar-refractivity contribution in [1.29, 1.82) is 0 Å². The molecule has 0 saturated carbocycles. The Morgan fingerprint density at radius 2 is 1.82 bits per heavy atom. The molecule has 1 aromatic heterocycles. The van der Waals surface area contributed by atoms with E-state index < -0.39 is 0 Å². The number of likely N-dealkylation sites (tertiary alicyclic amines) is 2. The zero-order valence-electron chi connectivity index (χ0n) is 20.2. The maximum absolute atomic E-state index is 13.7. The van der Waals surface area contributed by atoms with Gasteiger partial charge in [-0.05, 0) is 57.4 Å². The zero-order valence-corrected chi connectivity index (χ0v) is 20.2. The third-order valence-electron chi connectivity index (χ3n) is 7.68. The molecule has 3 heterocycles. The average Bonchev–Trinajstić information content (AvgIpc) is 2.97. The van der Waals surface area contributed by atoms with Crippen molar-refractivity contribution in [1.82, 2.24) is 19.8 Å². The van der Waals surface area contributed by atoms with E-state index in [9.17, 15) is 9.59 Å². The van der Waals surface area contributed by atoms with Gasteiger partial charge in [-0.1, -0.05) is 43.7 Å². The van der Waals surface area contributed by atoms with Gasteiger partial charge in [0.05, 0.1) is 11.3 Å². The summed E-state index contributed by atoms with van der Waals surface area (Å²) in [5.74, 6) is 1.30. The van der Waals surface area contributed by atoms with Crippen LogP contribution in [0.3, 0.4) is 0 Å². The Balaban J connectivity index is 1.40. The molecule has 1 aromatic carbocycles. The SMILES string of the molecule is Cc1ncc(C(=O)N2CCC([C@@]3(C)CCCCN(CCc4ccccc4)C3=O)CC2)c(C)n1. The third-order valence-corrected chi connectivity index (χ3v) is 7.68. The normalized spacial score (nSPS) is 22.3. The van der Waals surface area contributed by atoms with Crippen molar-refractivity contribution in [3.8, 4) is 0 Å². The van der Waals surface area contributed by atoms with E-state index in [4.69, 9.17) is 0 Å². The van der Waals surface area contributed by atoms with Crippen LogP contribution in [0.1, 0.15) is 66.5 Å². The van der Waals surface area contributed by atoms with Gasteiger partial charge in [-0.25, -0.2) is 9.97 Å². The van der Waals surface area contributed by atoms with Crippen molar-refractivity contribution < 1.29 is 9.59 Å². The molecule has 4 rings (SSSR count). The Labute approximate surface area is 197 Å². The molecule has 6 nitrogen and oxygen atoms in total. The highest BCUT2D eigenvalue weighted by Gasteiger charge is 2.45. The number of carbonyl (C=O) groups excluding carboxylic acids is 2. The van der Waals surface area contributed by atoms with Crippen molar-refractivity contribution in [2.24, 2.45) is 11.3 Å². The van der Waals surface area contributed by atoms with Gasteiger partial charge in [-0.15, -0.1) is 0 Å². The van der Waals surface area contributed by atoms with Crippen LogP contribution in [-0.2, 0) is 11.2 Å². The lowest BCUT2D eigenvalue weighted by Crippen LogP contribution is -2.49. The van der Waals surface area contributed by atoms with Crippen LogP contribution in [0.4, 0.5) is 0 Å². The molecule has 2 aromatic rings. The van der Waals surface area contributed by atoms with Gasteiger partial charge in [0.2, 0.25) is 5.91 Å². The summed E-state index contributed by atoms with van der Waals surface area (Å²) >= 11 is 0. The van der Waals surface area contributed by atoms with Crippen LogP contribution < -0.4 is 0 Å². The predicted octanol–water partition coefficient (Wildman–Crippen LogP) is 4.21. The molecule has 0 radical (unpaired) electrons. The van der Waals surface area contributed by atoms with Crippen molar-refractivity contribution >= 4 is 11.8 Å². The topological polar surface area (TPSA) is 66.4 Å². The molecule has 2 aliphatic heterocycles. The molecule has 0 aliphatic carbocycles. The fourth-order valence-corrected chi connectivity index (χ4v) is 5.55. The minimum absolute atomic E-state index is 0.00721. The highest BCUT2D eigenvalue weighted by Crippen LogP contribution is 2.42. The Morgan fingerprint density at radius 1 is 1.09 bits per heavy atom. The molecule has 0 bridgehead atoms. The zero-order chi connectivity index (χ0) is 23.4. The Kier molecular flexibility index (Phi) is 7.11. The molecule has 0 spiro atoms. The van der Waals surface area contributed by atoms with E-state index >= 15 is 0 Å². The second-order valence-electron chi connectivity index (χ2n) is 9.89. The van der Waals surface area contributed by atoms with Crippen LogP contribution in [0.15, 0.2) is 36.5 Å². The van der Waals surface area contributed by atoms with Crippen molar-refractivity contribution in [2.45, 2.75) is 59.3 Å². The van der Waals surface area contributed by atoms with Crippen LogP contribution in [0.5, 0.6) is 0 Å². The second-order valence-corrected chi connectivity index (χ2v) is 9.89. The van der Waals surface area contributed by atoms with Crippen LogP contribution in [0.2, 0.25) is 0 Å². The number of hydrogen-bond acceptors (Lipinski definition) is 4. The summed E-state index contributed by atoms with van der Waals surface area (Å²) in [6, 6.07) is 10.4. The first-order chi connectivity index (χ1) is 15.9. The number of amides is 2. The lowest BCUT2D eigenvalue weighted by atomic mass is 9.69. The van der Waals surface area contributed by atoms with Crippen LogP contribution in [-0.4, -0.2) is 57.8 Å². The minimum Gasteiger partial charge on any atom is -0.342 e. The maximum Gasteiger partial charge on any atom is 0.257 e. The van der Waals surface area contributed by atoms with E-state index in [1.807, 2.05) is 24.8 Å². The highest BCUT2D eigenvalue weighted by molar-refractivity contribution is 5.95. The Morgan fingerprint density at radius 3 is 2.52 bits per heavy atom. The molecular weight excluding hydrogens is 412 g/mol. The van der Waals surface area contributed by atoms with Crippen molar-refractivity contribution in [2.75, 3.05) is 26.2 Å². The number of piperidine rings is 1. The van der Waals surface area contributed by atoms with Gasteiger partial charge in [-0.2, -0.15) is 0 Å². The Bertz CT molecular complexity index is 985. The molecule has 1 atom stereocenters. The van der Waals surface area contributed by atoms with E-state index in [0.29, 0.717) is 36.3 Å². The van der Waals surface area contributed by atoms with E-state index in [0.717, 1.165) is 57.3 Å². The van der Waals surface area contributed by atoms with E-state index in [2.05, 4.69) is 46.1 Å². The largest absolute Gasteiger partial charge is 0.342 e. The van der Waals surface area contributed by atoms with Crippen LogP contribution >= 0.6 is 0 Å². The lowest BCUT2D eigenvalue weighted by Gasteiger charge is -2.43. The van der Waals surface area contributed by atoms with Gasteiger partial charge in [0.25, 0.3) is 5.91 Å².